The van der Waals surface area contributed by atoms with Gasteiger partial charge in [0.15, 0.2) is 5.16 Å². The number of aryl methyl sites for hydroxylation is 1. The van der Waals surface area contributed by atoms with E-state index in [-0.39, 0.29) is 22.6 Å². The zero-order chi connectivity index (χ0) is 30.8. The van der Waals surface area contributed by atoms with Crippen molar-refractivity contribution in [3.63, 3.8) is 0 Å². The third-order valence-electron chi connectivity index (χ3n) is 6.84. The lowest BCUT2D eigenvalue weighted by Gasteiger charge is -2.28. The first-order chi connectivity index (χ1) is 19.7. The summed E-state index contributed by atoms with van der Waals surface area (Å²) >= 11 is 7.45. The summed E-state index contributed by atoms with van der Waals surface area (Å²) < 4.78 is 68.5. The molecule has 0 unspecified atom stereocenters. The van der Waals surface area contributed by atoms with Crippen LogP contribution in [0.5, 0.6) is 5.75 Å². The van der Waals surface area contributed by atoms with Crippen LogP contribution in [0.1, 0.15) is 41.8 Å². The fourth-order valence-electron chi connectivity index (χ4n) is 4.35. The molecule has 0 atom stereocenters. The van der Waals surface area contributed by atoms with E-state index in [1.807, 2.05) is 61.7 Å². The van der Waals surface area contributed by atoms with Crippen LogP contribution in [0, 0.1) is 18.6 Å². The number of hydrogen-bond acceptors (Lipinski definition) is 6. The number of imidazole rings is 1. The van der Waals surface area contributed by atoms with Crippen molar-refractivity contribution < 1.29 is 26.5 Å². The first kappa shape index (κ1) is 31.6. The Bertz CT molecular complexity index is 1720. The predicted molar refractivity (Wildman–Crippen MR) is 163 cm³/mol. The number of hydrogen-bond donors (Lipinski definition) is 2. The van der Waals surface area contributed by atoms with Gasteiger partial charge >= 0.3 is 0 Å². The molecule has 4 rings (SSSR count). The first-order valence-electron chi connectivity index (χ1n) is 12.7. The molecule has 7 nitrogen and oxygen atoms in total. The van der Waals surface area contributed by atoms with Crippen LogP contribution in [0.25, 0.3) is 11.4 Å². The third-order valence-corrected chi connectivity index (χ3v) is 8.64. The van der Waals surface area contributed by atoms with Crippen molar-refractivity contribution in [3.8, 4) is 11.4 Å². The minimum Gasteiger partial charge on any atom is -0.495 e. The summed E-state index contributed by atoms with van der Waals surface area (Å²) in [7, 11) is -2.78. The minimum absolute atomic E-state index is 0.0194. The van der Waals surface area contributed by atoms with E-state index in [9.17, 15) is 8.42 Å². The zero-order valence-electron chi connectivity index (χ0n) is 23.4. The maximum atomic E-state index is 15.1. The number of nitrogens with zero attached hydrogens (tertiary/aromatic N) is 2. The topological polar surface area (TPSA) is 93.5 Å². The van der Waals surface area contributed by atoms with Gasteiger partial charge in [0.25, 0.3) is 10.1 Å². The Morgan fingerprint density at radius 1 is 1.14 bits per heavy atom. The van der Waals surface area contributed by atoms with Crippen LogP contribution in [0.15, 0.2) is 72.5 Å². The maximum absolute atomic E-state index is 15.1. The molecule has 0 aliphatic heterocycles. The highest BCUT2D eigenvalue weighted by molar-refractivity contribution is 7.98. The summed E-state index contributed by atoms with van der Waals surface area (Å²) in [5.74, 6) is -2.01. The molecule has 0 bridgehead atoms. The molecule has 12 heteroatoms. The molecule has 0 saturated carbocycles. The van der Waals surface area contributed by atoms with E-state index >= 15 is 8.78 Å². The molecule has 222 valence electrons. The van der Waals surface area contributed by atoms with Gasteiger partial charge < -0.3 is 10.1 Å². The number of halogens is 3. The Labute approximate surface area is 253 Å². The molecule has 1 aromatic heterocycles. The van der Waals surface area contributed by atoms with Crippen molar-refractivity contribution in [2.45, 2.75) is 37.1 Å². The standard InChI is InChI=1S/C30H30ClF2N3O4S2/c1-18-6-9-22(10-7-18)36-28(30(3,4)21-8-11-24(31)27(14-21)40-5)15-34-29(36)41-16-23-25(32)12-20(13-26(23)33)19(2)35-17-42(37,38)39/h6-15,35H,2,16-17H2,1,3-5H3,(H,37,38,39). The third kappa shape index (κ3) is 6.97. The van der Waals surface area contributed by atoms with Crippen LogP contribution in [0.4, 0.5) is 8.78 Å². The number of thioether (sulfide) groups is 1. The number of nitrogens with one attached hydrogen (secondary N) is 1. The van der Waals surface area contributed by atoms with Crippen LogP contribution in [0.3, 0.4) is 0 Å². The van der Waals surface area contributed by atoms with Crippen LogP contribution < -0.4 is 10.1 Å². The molecule has 0 spiro atoms. The Morgan fingerprint density at radius 2 is 1.79 bits per heavy atom. The van der Waals surface area contributed by atoms with Crippen molar-refractivity contribution in [1.82, 2.24) is 14.9 Å². The van der Waals surface area contributed by atoms with Crippen molar-refractivity contribution in [2.24, 2.45) is 0 Å². The molecule has 0 saturated heterocycles. The zero-order valence-corrected chi connectivity index (χ0v) is 25.8. The van der Waals surface area contributed by atoms with E-state index in [4.69, 9.17) is 20.9 Å². The monoisotopic (exact) mass is 633 g/mol. The van der Waals surface area contributed by atoms with Crippen molar-refractivity contribution in [1.29, 1.82) is 0 Å². The number of aromatic nitrogens is 2. The average Bonchev–Trinajstić information content (AvgIpc) is 3.36. The molecular weight excluding hydrogens is 604 g/mol. The Balaban J connectivity index is 1.69. The Morgan fingerprint density at radius 3 is 2.38 bits per heavy atom. The van der Waals surface area contributed by atoms with Gasteiger partial charge in [0.1, 0.15) is 23.3 Å². The second-order valence-electron chi connectivity index (χ2n) is 10.2. The van der Waals surface area contributed by atoms with Gasteiger partial charge in [-0.2, -0.15) is 8.42 Å². The van der Waals surface area contributed by atoms with E-state index < -0.39 is 33.0 Å². The highest BCUT2D eigenvalue weighted by atomic mass is 35.5. The van der Waals surface area contributed by atoms with E-state index in [1.54, 1.807) is 19.4 Å². The van der Waals surface area contributed by atoms with Crippen LogP contribution in [0.2, 0.25) is 5.02 Å². The molecule has 0 aliphatic carbocycles. The molecule has 4 aromatic rings. The van der Waals surface area contributed by atoms with Crippen LogP contribution in [-0.4, -0.2) is 35.5 Å². The van der Waals surface area contributed by atoms with E-state index in [0.29, 0.717) is 15.9 Å². The summed E-state index contributed by atoms with van der Waals surface area (Å²) in [6.45, 7) is 9.68. The quantitative estimate of drug-likeness (QED) is 0.134. The molecule has 0 aliphatic rings. The van der Waals surface area contributed by atoms with Crippen molar-refractivity contribution in [2.75, 3.05) is 13.0 Å². The van der Waals surface area contributed by atoms with Gasteiger partial charge in [0, 0.05) is 33.7 Å². The first-order valence-corrected chi connectivity index (χ1v) is 15.7. The molecule has 2 N–H and O–H groups in total. The predicted octanol–water partition coefficient (Wildman–Crippen LogP) is 7.14. The summed E-state index contributed by atoms with van der Waals surface area (Å²) in [6, 6.07) is 15.6. The van der Waals surface area contributed by atoms with Gasteiger partial charge in [-0.3, -0.25) is 9.12 Å². The van der Waals surface area contributed by atoms with Crippen molar-refractivity contribution >= 4 is 39.2 Å². The molecule has 0 radical (unpaired) electrons. The SMILES string of the molecule is C=C(NCS(=O)(=O)O)c1cc(F)c(CSc2ncc(C(C)(C)c3ccc(Cl)c(OC)c3)n2-c2ccc(C)cc2)c(F)c1. The summed E-state index contributed by atoms with van der Waals surface area (Å²) in [5, 5.41) is 3.37. The van der Waals surface area contributed by atoms with Gasteiger partial charge in [0.2, 0.25) is 0 Å². The van der Waals surface area contributed by atoms with Gasteiger partial charge in [-0.1, -0.05) is 67.6 Å². The molecule has 0 amide bonds. The van der Waals surface area contributed by atoms with E-state index in [1.165, 1.54) is 11.8 Å². The lowest BCUT2D eigenvalue weighted by Crippen LogP contribution is -2.23. The second-order valence-corrected chi connectivity index (χ2v) is 13.0. The molecule has 1 heterocycles. The number of ether oxygens (including phenoxy) is 1. The highest BCUT2D eigenvalue weighted by Gasteiger charge is 2.30. The van der Waals surface area contributed by atoms with Crippen molar-refractivity contribution in [3.05, 3.63) is 112 Å². The maximum Gasteiger partial charge on any atom is 0.283 e. The summed E-state index contributed by atoms with van der Waals surface area (Å²) in [5.41, 5.74) is 2.92. The number of benzene rings is 3. The van der Waals surface area contributed by atoms with E-state index in [2.05, 4.69) is 16.9 Å². The summed E-state index contributed by atoms with van der Waals surface area (Å²) in [6.07, 6.45) is 1.75. The van der Waals surface area contributed by atoms with E-state index in [0.717, 1.165) is 34.6 Å². The molecule has 0 fully saturated rings. The van der Waals surface area contributed by atoms with Gasteiger partial charge in [-0.25, -0.2) is 13.8 Å². The van der Waals surface area contributed by atoms with Gasteiger partial charge in [0.05, 0.1) is 24.0 Å². The normalized spacial score (nSPS) is 11.9. The van der Waals surface area contributed by atoms with Gasteiger partial charge in [-0.05, 0) is 48.9 Å². The summed E-state index contributed by atoms with van der Waals surface area (Å²) in [4.78, 5) is 4.65. The molecule has 42 heavy (non-hydrogen) atoms. The van der Waals surface area contributed by atoms with Gasteiger partial charge in [-0.15, -0.1) is 0 Å². The molecular formula is C30H30ClF2N3O4S2. The fourth-order valence-corrected chi connectivity index (χ4v) is 5.91. The smallest absolute Gasteiger partial charge is 0.283 e. The Kier molecular flexibility index (Phi) is 9.36. The lowest BCUT2D eigenvalue weighted by atomic mass is 9.81. The average molecular weight is 634 g/mol. The molecule has 3 aromatic carbocycles. The fraction of sp³-hybridized carbons (Fsp3) is 0.233. The second kappa shape index (κ2) is 12.5. The number of methoxy groups -OCH3 is 1. The Hall–Kier alpha value is -3.38. The lowest BCUT2D eigenvalue weighted by molar-refractivity contribution is 0.413. The largest absolute Gasteiger partial charge is 0.495 e. The highest BCUT2D eigenvalue weighted by Crippen LogP contribution is 2.39. The van der Waals surface area contributed by atoms with Crippen LogP contribution in [-0.2, 0) is 21.3 Å². The van der Waals surface area contributed by atoms with Crippen LogP contribution >= 0.6 is 23.4 Å². The number of rotatable bonds is 11. The minimum atomic E-state index is -4.34.